The maximum Gasteiger partial charge on any atom is -0.0152 e. The van der Waals surface area contributed by atoms with Gasteiger partial charge in [0.1, 0.15) is 0 Å². The molecule has 2 rings (SSSR count). The highest BCUT2D eigenvalue weighted by molar-refractivity contribution is 5.86. The molecule has 0 heterocycles. The molecule has 0 saturated carbocycles. The van der Waals surface area contributed by atoms with E-state index in [0.29, 0.717) is 0 Å². The summed E-state index contributed by atoms with van der Waals surface area (Å²) in [6.45, 7) is 4.29. The zero-order chi connectivity index (χ0) is 8.55. The van der Waals surface area contributed by atoms with E-state index in [-0.39, 0.29) is 6.15 Å². The van der Waals surface area contributed by atoms with Gasteiger partial charge in [0.15, 0.2) is 0 Å². The first kappa shape index (κ1) is 9.75. The number of benzene rings is 2. The number of aryl methyl sites for hydroxylation is 2. The summed E-state index contributed by atoms with van der Waals surface area (Å²) in [4.78, 5) is 0. The minimum Gasteiger partial charge on any atom is -0.344 e. The zero-order valence-electron chi connectivity index (χ0n) is 8.17. The topological polar surface area (TPSA) is 35.0 Å². The van der Waals surface area contributed by atoms with Gasteiger partial charge >= 0.3 is 0 Å². The van der Waals surface area contributed by atoms with Crippen molar-refractivity contribution in [3.63, 3.8) is 0 Å². The lowest BCUT2D eigenvalue weighted by molar-refractivity contribution is 1.47. The van der Waals surface area contributed by atoms with Gasteiger partial charge in [0.2, 0.25) is 0 Å². The van der Waals surface area contributed by atoms with Crippen molar-refractivity contribution in [3.05, 3.63) is 47.5 Å². The van der Waals surface area contributed by atoms with Gasteiger partial charge in [-0.1, -0.05) is 42.0 Å². The van der Waals surface area contributed by atoms with Gasteiger partial charge in [0.05, 0.1) is 0 Å². The maximum absolute atomic E-state index is 2.24. The molecule has 0 aliphatic rings. The molecule has 1 nitrogen and oxygen atoms in total. The predicted molar refractivity (Wildman–Crippen MR) is 58.4 cm³/mol. The third-order valence-corrected chi connectivity index (χ3v) is 2.26. The average molecular weight is 173 g/mol. The van der Waals surface area contributed by atoms with Crippen LogP contribution in [-0.4, -0.2) is 0 Å². The summed E-state index contributed by atoms with van der Waals surface area (Å²) in [5.74, 6) is 0. The normalized spacial score (nSPS) is 9.69. The third kappa shape index (κ3) is 1.70. The fraction of sp³-hybridized carbons (Fsp3) is 0.167. The number of rotatable bonds is 0. The zero-order valence-corrected chi connectivity index (χ0v) is 8.17. The van der Waals surface area contributed by atoms with Crippen molar-refractivity contribution in [2.24, 2.45) is 0 Å². The van der Waals surface area contributed by atoms with Gasteiger partial charge in [0, 0.05) is 0 Å². The average Bonchev–Trinajstić information content (AvgIpc) is 2.07. The highest BCUT2D eigenvalue weighted by Gasteiger charge is 1.95. The molecule has 0 atom stereocenters. The van der Waals surface area contributed by atoms with Crippen LogP contribution in [-0.2, 0) is 0 Å². The van der Waals surface area contributed by atoms with Crippen LogP contribution in [0.3, 0.4) is 0 Å². The summed E-state index contributed by atoms with van der Waals surface area (Å²) < 4.78 is 0. The Morgan fingerprint density at radius 3 is 2.46 bits per heavy atom. The first-order chi connectivity index (χ1) is 5.77. The van der Waals surface area contributed by atoms with Crippen LogP contribution in [0.4, 0.5) is 0 Å². The predicted octanol–water partition coefficient (Wildman–Crippen LogP) is 3.62. The molecule has 13 heavy (non-hydrogen) atoms. The van der Waals surface area contributed by atoms with Crippen molar-refractivity contribution in [2.45, 2.75) is 13.8 Å². The summed E-state index contributed by atoms with van der Waals surface area (Å²) in [6, 6.07) is 13.0. The lowest BCUT2D eigenvalue weighted by Crippen LogP contribution is -1.78. The van der Waals surface area contributed by atoms with Crippen molar-refractivity contribution in [1.29, 1.82) is 0 Å². The molecule has 0 amide bonds. The van der Waals surface area contributed by atoms with Crippen LogP contribution in [0.25, 0.3) is 10.8 Å². The molecule has 0 aromatic heterocycles. The Balaban J connectivity index is 0.000000845. The Labute approximate surface area is 79.0 Å². The molecule has 0 fully saturated rings. The van der Waals surface area contributed by atoms with Gasteiger partial charge in [-0.05, 0) is 30.2 Å². The molecule has 2 aromatic rings. The quantitative estimate of drug-likeness (QED) is 0.648. The summed E-state index contributed by atoms with van der Waals surface area (Å²) in [5, 5.41) is 2.71. The lowest BCUT2D eigenvalue weighted by Gasteiger charge is -2.01. The van der Waals surface area contributed by atoms with Crippen LogP contribution in [0.1, 0.15) is 11.1 Å². The Morgan fingerprint density at radius 1 is 0.923 bits per heavy atom. The number of hydrogen-bond donors (Lipinski definition) is 1. The van der Waals surface area contributed by atoms with E-state index in [4.69, 9.17) is 0 Å². The first-order valence-electron chi connectivity index (χ1n) is 4.23. The van der Waals surface area contributed by atoms with Crippen LogP contribution in [0, 0.1) is 13.8 Å². The fourth-order valence-electron chi connectivity index (χ4n) is 1.54. The second-order valence-electron chi connectivity index (χ2n) is 3.30. The molecular weight excluding hydrogens is 158 g/mol. The summed E-state index contributed by atoms with van der Waals surface area (Å²) >= 11 is 0. The van der Waals surface area contributed by atoms with Gasteiger partial charge in [-0.15, -0.1) is 0 Å². The summed E-state index contributed by atoms with van der Waals surface area (Å²) in [5.41, 5.74) is 2.69. The molecular formula is C12H15N. The van der Waals surface area contributed by atoms with Gasteiger partial charge in [0.25, 0.3) is 0 Å². The molecule has 0 bridgehead atoms. The highest BCUT2D eigenvalue weighted by atomic mass is 14.0. The van der Waals surface area contributed by atoms with Crippen LogP contribution >= 0.6 is 0 Å². The number of hydrogen-bond acceptors (Lipinski definition) is 1. The second kappa shape index (κ2) is 3.58. The third-order valence-electron chi connectivity index (χ3n) is 2.26. The van der Waals surface area contributed by atoms with Gasteiger partial charge in [-0.2, -0.15) is 0 Å². The standard InChI is InChI=1S/C12H12.H3N/c1-9-6-7-11-5-3-4-10(2)12(11)8-9;/h3-8H,1-2H3;1H3. The second-order valence-corrected chi connectivity index (χ2v) is 3.30. The molecule has 3 N–H and O–H groups in total. The van der Waals surface area contributed by atoms with Crippen molar-refractivity contribution >= 4 is 10.8 Å². The van der Waals surface area contributed by atoms with Crippen molar-refractivity contribution in [3.8, 4) is 0 Å². The lowest BCUT2D eigenvalue weighted by atomic mass is 10.0. The van der Waals surface area contributed by atoms with Crippen molar-refractivity contribution < 1.29 is 0 Å². The monoisotopic (exact) mass is 173 g/mol. The Hall–Kier alpha value is -1.34. The molecule has 0 aliphatic heterocycles. The van der Waals surface area contributed by atoms with Crippen molar-refractivity contribution in [2.75, 3.05) is 0 Å². The Bertz CT molecular complexity index is 418. The SMILES string of the molecule is Cc1ccc2cccc(C)c2c1.N. The largest absolute Gasteiger partial charge is 0.344 e. The first-order valence-corrected chi connectivity index (χ1v) is 4.23. The van der Waals surface area contributed by atoms with E-state index in [9.17, 15) is 0 Å². The van der Waals surface area contributed by atoms with E-state index < -0.39 is 0 Å². The minimum atomic E-state index is 0. The fourth-order valence-corrected chi connectivity index (χ4v) is 1.54. The molecule has 0 radical (unpaired) electrons. The van der Waals surface area contributed by atoms with Crippen LogP contribution in [0.2, 0.25) is 0 Å². The molecule has 0 spiro atoms. The van der Waals surface area contributed by atoms with Gasteiger partial charge in [-0.3, -0.25) is 0 Å². The summed E-state index contributed by atoms with van der Waals surface area (Å²) in [6.07, 6.45) is 0. The van der Waals surface area contributed by atoms with Crippen LogP contribution < -0.4 is 6.15 Å². The van der Waals surface area contributed by atoms with Crippen molar-refractivity contribution in [1.82, 2.24) is 6.15 Å². The molecule has 0 saturated heterocycles. The number of fused-ring (bicyclic) bond motifs is 1. The summed E-state index contributed by atoms with van der Waals surface area (Å²) in [7, 11) is 0. The maximum atomic E-state index is 2.24. The highest BCUT2D eigenvalue weighted by Crippen LogP contribution is 2.18. The molecule has 0 unspecified atom stereocenters. The van der Waals surface area contributed by atoms with E-state index in [1.807, 2.05) is 0 Å². The van der Waals surface area contributed by atoms with Gasteiger partial charge < -0.3 is 6.15 Å². The molecule has 1 heteroatoms. The van der Waals surface area contributed by atoms with E-state index >= 15 is 0 Å². The van der Waals surface area contributed by atoms with E-state index in [0.717, 1.165) is 0 Å². The smallest absolute Gasteiger partial charge is 0.0152 e. The van der Waals surface area contributed by atoms with Gasteiger partial charge in [-0.25, -0.2) is 0 Å². The van der Waals surface area contributed by atoms with E-state index in [1.165, 1.54) is 21.9 Å². The van der Waals surface area contributed by atoms with E-state index in [1.54, 1.807) is 0 Å². The molecule has 2 aromatic carbocycles. The molecule has 0 aliphatic carbocycles. The Kier molecular flexibility index (Phi) is 2.69. The van der Waals surface area contributed by atoms with E-state index in [2.05, 4.69) is 50.2 Å². The molecule has 68 valence electrons. The minimum absolute atomic E-state index is 0. The van der Waals surface area contributed by atoms with Crippen LogP contribution in [0.15, 0.2) is 36.4 Å². The van der Waals surface area contributed by atoms with Crippen LogP contribution in [0.5, 0.6) is 0 Å². The Morgan fingerprint density at radius 2 is 1.69 bits per heavy atom.